The van der Waals surface area contributed by atoms with Crippen LogP contribution >= 0.6 is 11.6 Å². The number of aromatic nitrogens is 3. The van der Waals surface area contributed by atoms with Gasteiger partial charge in [-0.3, -0.25) is 4.98 Å². The first kappa shape index (κ1) is 20.8. The van der Waals surface area contributed by atoms with Gasteiger partial charge in [0.15, 0.2) is 5.58 Å². The van der Waals surface area contributed by atoms with Crippen LogP contribution in [0.5, 0.6) is 0 Å². The number of hydrogen-bond acceptors (Lipinski definition) is 10. The Labute approximate surface area is 176 Å². The number of methoxy groups -OCH3 is 1. The number of anilines is 2. The van der Waals surface area contributed by atoms with E-state index in [2.05, 4.69) is 20.3 Å². The third kappa shape index (κ3) is 3.80. The molecular formula is C19H22ClN5O5. The molecule has 3 heterocycles. The van der Waals surface area contributed by atoms with Gasteiger partial charge in [0.1, 0.15) is 22.8 Å². The fourth-order valence-electron chi connectivity index (χ4n) is 3.74. The monoisotopic (exact) mass is 435 g/mol. The molecule has 0 amide bonds. The van der Waals surface area contributed by atoms with E-state index in [4.69, 9.17) is 26.5 Å². The first-order chi connectivity index (χ1) is 14.4. The van der Waals surface area contributed by atoms with E-state index in [1.165, 1.54) is 0 Å². The predicted molar refractivity (Wildman–Crippen MR) is 110 cm³/mol. The Morgan fingerprint density at radius 3 is 2.80 bits per heavy atom. The predicted octanol–water partition coefficient (Wildman–Crippen LogP) is 1.18. The van der Waals surface area contributed by atoms with E-state index in [9.17, 15) is 15.3 Å². The number of nitrogens with one attached hydrogen (secondary N) is 1. The van der Waals surface area contributed by atoms with Crippen LogP contribution in [-0.4, -0.2) is 62.2 Å². The molecule has 1 saturated carbocycles. The van der Waals surface area contributed by atoms with Crippen molar-refractivity contribution in [1.29, 1.82) is 0 Å². The minimum absolute atomic E-state index is 0.0573. The van der Waals surface area contributed by atoms with Gasteiger partial charge in [0, 0.05) is 25.0 Å². The number of halogens is 1. The number of furan rings is 1. The maximum Gasteiger partial charge on any atom is 0.223 e. The van der Waals surface area contributed by atoms with Gasteiger partial charge in [0.25, 0.3) is 0 Å². The SMILES string of the molecule is COCc1cc2cc(-c3c(Cl)nc(N)nc3N[C@@H]3C[C@H](CO)[C@@H](O)[C@H]3O)oc2cn1. The molecule has 0 aromatic carbocycles. The highest BCUT2D eigenvalue weighted by Crippen LogP contribution is 2.38. The van der Waals surface area contributed by atoms with Crippen molar-refractivity contribution < 1.29 is 24.5 Å². The molecule has 4 atom stereocenters. The molecule has 1 fully saturated rings. The van der Waals surface area contributed by atoms with Crippen molar-refractivity contribution in [2.75, 3.05) is 24.8 Å². The van der Waals surface area contributed by atoms with E-state index in [1.807, 2.05) is 6.07 Å². The van der Waals surface area contributed by atoms with Gasteiger partial charge >= 0.3 is 0 Å². The van der Waals surface area contributed by atoms with E-state index >= 15 is 0 Å². The molecule has 0 aliphatic heterocycles. The molecular weight excluding hydrogens is 414 g/mol. The zero-order chi connectivity index (χ0) is 21.4. The Balaban J connectivity index is 1.73. The minimum atomic E-state index is -1.10. The Bertz CT molecular complexity index is 1060. The highest BCUT2D eigenvalue weighted by Gasteiger charge is 2.41. The number of hydrogen-bond donors (Lipinski definition) is 5. The molecule has 0 spiro atoms. The number of aliphatic hydroxyl groups excluding tert-OH is 3. The average Bonchev–Trinajstić information content (AvgIpc) is 3.23. The average molecular weight is 436 g/mol. The third-order valence-electron chi connectivity index (χ3n) is 5.24. The van der Waals surface area contributed by atoms with E-state index in [0.717, 1.165) is 11.1 Å². The number of ether oxygens (including phenoxy) is 1. The molecule has 1 aliphatic rings. The first-order valence-electron chi connectivity index (χ1n) is 9.35. The van der Waals surface area contributed by atoms with E-state index in [1.54, 1.807) is 19.4 Å². The maximum absolute atomic E-state index is 10.3. The summed E-state index contributed by atoms with van der Waals surface area (Å²) in [4.78, 5) is 12.5. The number of rotatable bonds is 6. The Morgan fingerprint density at radius 2 is 2.10 bits per heavy atom. The van der Waals surface area contributed by atoms with Crippen LogP contribution in [0.1, 0.15) is 12.1 Å². The van der Waals surface area contributed by atoms with E-state index in [0.29, 0.717) is 29.9 Å². The van der Waals surface area contributed by atoms with Gasteiger partial charge in [0.2, 0.25) is 5.95 Å². The lowest BCUT2D eigenvalue weighted by atomic mass is 10.1. The second-order valence-electron chi connectivity index (χ2n) is 7.26. The van der Waals surface area contributed by atoms with Crippen LogP contribution < -0.4 is 11.1 Å². The van der Waals surface area contributed by atoms with Crippen LogP contribution in [0.25, 0.3) is 22.3 Å². The number of fused-ring (bicyclic) bond motifs is 1. The van der Waals surface area contributed by atoms with Gasteiger partial charge in [-0.25, -0.2) is 4.98 Å². The summed E-state index contributed by atoms with van der Waals surface area (Å²) in [5.74, 6) is 0.136. The second-order valence-corrected chi connectivity index (χ2v) is 7.62. The number of nitrogens with two attached hydrogens (primary N) is 1. The summed E-state index contributed by atoms with van der Waals surface area (Å²) in [6, 6.07) is 3.05. The number of nitrogen functional groups attached to an aromatic ring is 1. The Morgan fingerprint density at radius 1 is 1.30 bits per heavy atom. The molecule has 0 unspecified atom stereocenters. The van der Waals surface area contributed by atoms with Crippen molar-refractivity contribution in [3.8, 4) is 11.3 Å². The molecule has 4 rings (SSSR count). The third-order valence-corrected chi connectivity index (χ3v) is 5.51. The van der Waals surface area contributed by atoms with Crippen molar-refractivity contribution in [3.63, 3.8) is 0 Å². The minimum Gasteiger partial charge on any atom is -0.454 e. The normalized spacial score (nSPS) is 23.9. The topological polar surface area (TPSA) is 160 Å². The van der Waals surface area contributed by atoms with Crippen molar-refractivity contribution in [2.45, 2.75) is 31.3 Å². The van der Waals surface area contributed by atoms with Gasteiger partial charge in [-0.2, -0.15) is 4.98 Å². The van der Waals surface area contributed by atoms with Crippen LogP contribution in [-0.2, 0) is 11.3 Å². The summed E-state index contributed by atoms with van der Waals surface area (Å²) in [6.07, 6.45) is -0.219. The molecule has 0 saturated heterocycles. The molecule has 6 N–H and O–H groups in total. The van der Waals surface area contributed by atoms with Crippen LogP contribution in [0, 0.1) is 5.92 Å². The van der Waals surface area contributed by atoms with Crippen LogP contribution in [0.2, 0.25) is 5.15 Å². The summed E-state index contributed by atoms with van der Waals surface area (Å²) >= 11 is 6.37. The lowest BCUT2D eigenvalue weighted by Gasteiger charge is -2.20. The van der Waals surface area contributed by atoms with Crippen molar-refractivity contribution in [2.24, 2.45) is 5.92 Å². The number of nitrogens with zero attached hydrogens (tertiary/aromatic N) is 3. The lowest BCUT2D eigenvalue weighted by molar-refractivity contribution is 0.00446. The van der Waals surface area contributed by atoms with Gasteiger partial charge in [0.05, 0.1) is 36.2 Å². The van der Waals surface area contributed by atoms with Crippen LogP contribution in [0.4, 0.5) is 11.8 Å². The molecule has 3 aromatic rings. The van der Waals surface area contributed by atoms with E-state index < -0.39 is 24.2 Å². The molecule has 3 aromatic heterocycles. The van der Waals surface area contributed by atoms with Gasteiger partial charge < -0.3 is 35.5 Å². The summed E-state index contributed by atoms with van der Waals surface area (Å²) in [6.45, 7) is 0.124. The summed E-state index contributed by atoms with van der Waals surface area (Å²) in [5.41, 5.74) is 7.42. The molecule has 30 heavy (non-hydrogen) atoms. The number of aliphatic hydroxyl groups is 3. The Hall–Kier alpha value is -2.50. The summed E-state index contributed by atoms with van der Waals surface area (Å²) < 4.78 is 11.0. The molecule has 10 nitrogen and oxygen atoms in total. The van der Waals surface area contributed by atoms with Crippen LogP contribution in [0.15, 0.2) is 22.7 Å². The second kappa shape index (κ2) is 8.32. The van der Waals surface area contributed by atoms with Crippen molar-refractivity contribution in [3.05, 3.63) is 29.2 Å². The maximum atomic E-state index is 10.3. The summed E-state index contributed by atoms with van der Waals surface area (Å²) in [5, 5.41) is 33.8. The highest BCUT2D eigenvalue weighted by atomic mass is 35.5. The van der Waals surface area contributed by atoms with Gasteiger partial charge in [-0.05, 0) is 18.6 Å². The number of pyridine rings is 1. The standard InChI is InChI=1S/C19H22ClN5O5/c1-29-7-10-2-8-4-12(30-13(8)5-22-10)14-17(20)24-19(21)25-18(14)23-11-3-9(6-26)15(27)16(11)28/h2,4-5,9,11,15-16,26-28H,3,6-7H2,1H3,(H3,21,23,24,25)/t9-,11-,15-,16+/m1/s1. The van der Waals surface area contributed by atoms with E-state index in [-0.39, 0.29) is 23.5 Å². The molecule has 160 valence electrons. The van der Waals surface area contributed by atoms with Crippen molar-refractivity contribution in [1.82, 2.24) is 15.0 Å². The van der Waals surface area contributed by atoms with Gasteiger partial charge in [-0.1, -0.05) is 11.6 Å². The van der Waals surface area contributed by atoms with Crippen molar-refractivity contribution >= 4 is 34.3 Å². The highest BCUT2D eigenvalue weighted by molar-refractivity contribution is 6.32. The molecule has 1 aliphatic carbocycles. The zero-order valence-electron chi connectivity index (χ0n) is 16.1. The van der Waals surface area contributed by atoms with Crippen LogP contribution in [0.3, 0.4) is 0 Å². The quantitative estimate of drug-likeness (QED) is 0.355. The Kier molecular flexibility index (Phi) is 5.76. The fourth-order valence-corrected chi connectivity index (χ4v) is 4.01. The largest absolute Gasteiger partial charge is 0.454 e. The lowest BCUT2D eigenvalue weighted by Crippen LogP contribution is -2.35. The zero-order valence-corrected chi connectivity index (χ0v) is 16.9. The molecule has 0 bridgehead atoms. The fraction of sp³-hybridized carbons (Fsp3) is 0.421. The summed E-state index contributed by atoms with van der Waals surface area (Å²) in [7, 11) is 1.59. The van der Waals surface area contributed by atoms with Gasteiger partial charge in [-0.15, -0.1) is 0 Å². The molecule has 11 heteroatoms. The first-order valence-corrected chi connectivity index (χ1v) is 9.73. The molecule has 0 radical (unpaired) electrons. The smallest absolute Gasteiger partial charge is 0.223 e.